The highest BCUT2D eigenvalue weighted by Crippen LogP contribution is 2.23. The standard InChI is InChI=1S/C19H19N3/c1-13-6-8-15(9-7-13)18-11-17(12-20)21-19(22-18)16-5-3-4-14(2)10-16/h3-11H,12,20H2,1-2H3. The molecule has 0 saturated heterocycles. The zero-order valence-corrected chi connectivity index (χ0v) is 12.9. The van der Waals surface area contributed by atoms with Crippen molar-refractivity contribution in [3.63, 3.8) is 0 Å². The normalized spacial score (nSPS) is 10.7. The maximum absolute atomic E-state index is 5.81. The van der Waals surface area contributed by atoms with Gasteiger partial charge in [-0.05, 0) is 26.0 Å². The van der Waals surface area contributed by atoms with Crippen molar-refractivity contribution in [2.24, 2.45) is 5.73 Å². The van der Waals surface area contributed by atoms with E-state index in [0.717, 1.165) is 28.3 Å². The number of aryl methyl sites for hydroxylation is 2. The molecule has 2 N–H and O–H groups in total. The van der Waals surface area contributed by atoms with Crippen molar-refractivity contribution < 1.29 is 0 Å². The van der Waals surface area contributed by atoms with Crippen molar-refractivity contribution in [3.05, 3.63) is 71.4 Å². The summed E-state index contributed by atoms with van der Waals surface area (Å²) in [5.74, 6) is 0.724. The summed E-state index contributed by atoms with van der Waals surface area (Å²) < 4.78 is 0. The van der Waals surface area contributed by atoms with Crippen molar-refractivity contribution in [2.45, 2.75) is 20.4 Å². The second-order valence-corrected chi connectivity index (χ2v) is 5.51. The Morgan fingerprint density at radius 3 is 2.27 bits per heavy atom. The first-order valence-corrected chi connectivity index (χ1v) is 7.38. The van der Waals surface area contributed by atoms with Crippen LogP contribution >= 0.6 is 0 Å². The van der Waals surface area contributed by atoms with Gasteiger partial charge < -0.3 is 5.73 Å². The minimum atomic E-state index is 0.403. The Hall–Kier alpha value is -2.52. The summed E-state index contributed by atoms with van der Waals surface area (Å²) in [6, 6.07) is 18.5. The third-order valence-corrected chi connectivity index (χ3v) is 3.61. The molecule has 2 aromatic carbocycles. The summed E-state index contributed by atoms with van der Waals surface area (Å²) in [6.45, 7) is 4.55. The average molecular weight is 289 g/mol. The van der Waals surface area contributed by atoms with E-state index < -0.39 is 0 Å². The number of hydrogen-bond acceptors (Lipinski definition) is 3. The van der Waals surface area contributed by atoms with E-state index in [1.54, 1.807) is 0 Å². The fourth-order valence-corrected chi connectivity index (χ4v) is 2.39. The van der Waals surface area contributed by atoms with Crippen LogP contribution in [0.3, 0.4) is 0 Å². The van der Waals surface area contributed by atoms with Gasteiger partial charge >= 0.3 is 0 Å². The molecule has 1 aromatic heterocycles. The average Bonchev–Trinajstić information content (AvgIpc) is 2.55. The van der Waals surface area contributed by atoms with E-state index in [4.69, 9.17) is 10.7 Å². The quantitative estimate of drug-likeness (QED) is 0.796. The Balaban J connectivity index is 2.12. The first-order valence-electron chi connectivity index (χ1n) is 7.38. The molecule has 3 heteroatoms. The fourth-order valence-electron chi connectivity index (χ4n) is 2.39. The van der Waals surface area contributed by atoms with E-state index in [2.05, 4.69) is 55.2 Å². The number of nitrogens with zero attached hydrogens (tertiary/aromatic N) is 2. The van der Waals surface area contributed by atoms with Crippen molar-refractivity contribution >= 4 is 0 Å². The number of nitrogens with two attached hydrogens (primary N) is 1. The second kappa shape index (κ2) is 6.08. The molecule has 3 nitrogen and oxygen atoms in total. The largest absolute Gasteiger partial charge is 0.325 e. The summed E-state index contributed by atoms with van der Waals surface area (Å²) in [6.07, 6.45) is 0. The number of hydrogen-bond donors (Lipinski definition) is 1. The Morgan fingerprint density at radius 2 is 1.59 bits per heavy atom. The van der Waals surface area contributed by atoms with E-state index in [1.165, 1.54) is 11.1 Å². The van der Waals surface area contributed by atoms with E-state index in [0.29, 0.717) is 6.54 Å². The molecule has 3 aromatic rings. The fraction of sp³-hybridized carbons (Fsp3) is 0.158. The van der Waals surface area contributed by atoms with Crippen molar-refractivity contribution in [2.75, 3.05) is 0 Å². The molecule has 0 aliphatic rings. The molecular weight excluding hydrogens is 270 g/mol. The van der Waals surface area contributed by atoms with E-state index in [-0.39, 0.29) is 0 Å². The predicted octanol–water partition coefficient (Wildman–Crippen LogP) is 3.89. The summed E-state index contributed by atoms with van der Waals surface area (Å²) in [7, 11) is 0. The van der Waals surface area contributed by atoms with Gasteiger partial charge in [-0.15, -0.1) is 0 Å². The molecule has 110 valence electrons. The highest BCUT2D eigenvalue weighted by molar-refractivity contribution is 5.64. The van der Waals surface area contributed by atoms with Gasteiger partial charge in [-0.1, -0.05) is 53.6 Å². The van der Waals surface area contributed by atoms with Crippen LogP contribution in [-0.4, -0.2) is 9.97 Å². The molecule has 0 aliphatic carbocycles. The molecule has 0 spiro atoms. The lowest BCUT2D eigenvalue weighted by molar-refractivity contribution is 0.971. The van der Waals surface area contributed by atoms with Gasteiger partial charge in [0.05, 0.1) is 11.4 Å². The van der Waals surface area contributed by atoms with Gasteiger partial charge in [-0.25, -0.2) is 9.97 Å². The summed E-state index contributed by atoms with van der Waals surface area (Å²) in [4.78, 5) is 9.30. The minimum absolute atomic E-state index is 0.403. The molecule has 0 unspecified atom stereocenters. The first kappa shape index (κ1) is 14.4. The zero-order valence-electron chi connectivity index (χ0n) is 12.9. The van der Waals surface area contributed by atoms with Crippen LogP contribution in [0.15, 0.2) is 54.6 Å². The lowest BCUT2D eigenvalue weighted by Gasteiger charge is -2.08. The third-order valence-electron chi connectivity index (χ3n) is 3.61. The Labute approximate surface area is 130 Å². The zero-order chi connectivity index (χ0) is 15.5. The number of rotatable bonds is 3. The van der Waals surface area contributed by atoms with E-state index >= 15 is 0 Å². The Morgan fingerprint density at radius 1 is 0.818 bits per heavy atom. The van der Waals surface area contributed by atoms with Gasteiger partial charge in [-0.2, -0.15) is 0 Å². The maximum atomic E-state index is 5.81. The molecule has 0 atom stereocenters. The highest BCUT2D eigenvalue weighted by Gasteiger charge is 2.08. The smallest absolute Gasteiger partial charge is 0.160 e. The van der Waals surface area contributed by atoms with Gasteiger partial charge in [0.1, 0.15) is 0 Å². The van der Waals surface area contributed by atoms with Crippen LogP contribution in [0.4, 0.5) is 0 Å². The van der Waals surface area contributed by atoms with Gasteiger partial charge in [0.15, 0.2) is 5.82 Å². The molecule has 0 fully saturated rings. The summed E-state index contributed by atoms with van der Waals surface area (Å²) >= 11 is 0. The van der Waals surface area contributed by atoms with Gasteiger partial charge in [0.2, 0.25) is 0 Å². The lowest BCUT2D eigenvalue weighted by Crippen LogP contribution is -2.03. The second-order valence-electron chi connectivity index (χ2n) is 5.51. The summed E-state index contributed by atoms with van der Waals surface area (Å²) in [5, 5.41) is 0. The molecule has 22 heavy (non-hydrogen) atoms. The molecule has 0 bridgehead atoms. The molecule has 0 amide bonds. The maximum Gasteiger partial charge on any atom is 0.160 e. The molecule has 0 saturated carbocycles. The van der Waals surface area contributed by atoms with Crippen LogP contribution in [-0.2, 0) is 6.54 Å². The number of aromatic nitrogens is 2. The summed E-state index contributed by atoms with van der Waals surface area (Å²) in [5.41, 5.74) is 12.1. The molecular formula is C19H19N3. The van der Waals surface area contributed by atoms with Gasteiger partial charge in [0, 0.05) is 17.7 Å². The number of benzene rings is 2. The molecule has 1 heterocycles. The van der Waals surface area contributed by atoms with Gasteiger partial charge in [-0.3, -0.25) is 0 Å². The topological polar surface area (TPSA) is 51.8 Å². The van der Waals surface area contributed by atoms with Crippen LogP contribution in [0, 0.1) is 13.8 Å². The van der Waals surface area contributed by atoms with Crippen LogP contribution in [0.1, 0.15) is 16.8 Å². The van der Waals surface area contributed by atoms with Crippen molar-refractivity contribution in [3.8, 4) is 22.6 Å². The van der Waals surface area contributed by atoms with Crippen LogP contribution in [0.2, 0.25) is 0 Å². The predicted molar refractivity (Wildman–Crippen MR) is 90.3 cm³/mol. The highest BCUT2D eigenvalue weighted by atomic mass is 14.9. The molecule has 3 rings (SSSR count). The van der Waals surface area contributed by atoms with Crippen LogP contribution < -0.4 is 5.73 Å². The van der Waals surface area contributed by atoms with Crippen LogP contribution in [0.5, 0.6) is 0 Å². The minimum Gasteiger partial charge on any atom is -0.325 e. The lowest BCUT2D eigenvalue weighted by atomic mass is 10.1. The Bertz CT molecular complexity index is 792. The van der Waals surface area contributed by atoms with E-state index in [9.17, 15) is 0 Å². The van der Waals surface area contributed by atoms with Gasteiger partial charge in [0.25, 0.3) is 0 Å². The third kappa shape index (κ3) is 3.05. The van der Waals surface area contributed by atoms with Crippen molar-refractivity contribution in [1.82, 2.24) is 9.97 Å². The molecule has 0 aliphatic heterocycles. The first-order chi connectivity index (χ1) is 10.7. The molecule has 0 radical (unpaired) electrons. The monoisotopic (exact) mass is 289 g/mol. The Kier molecular flexibility index (Phi) is 3.98. The SMILES string of the molecule is Cc1ccc(-c2cc(CN)nc(-c3cccc(C)c3)n2)cc1. The van der Waals surface area contributed by atoms with Crippen molar-refractivity contribution in [1.29, 1.82) is 0 Å². The van der Waals surface area contributed by atoms with Crippen LogP contribution in [0.25, 0.3) is 22.6 Å². The van der Waals surface area contributed by atoms with E-state index in [1.807, 2.05) is 18.2 Å².